The Morgan fingerprint density at radius 1 is 0.625 bits per heavy atom. The van der Waals surface area contributed by atoms with Gasteiger partial charge in [-0.05, 0) is 28.7 Å². The summed E-state index contributed by atoms with van der Waals surface area (Å²) in [6.45, 7) is 0. The van der Waals surface area contributed by atoms with E-state index in [1.807, 2.05) is 66.7 Å². The molecule has 0 bridgehead atoms. The van der Waals surface area contributed by atoms with Gasteiger partial charge in [-0.25, -0.2) is 0 Å². The predicted octanol–water partition coefficient (Wildman–Crippen LogP) is 5.04. The second kappa shape index (κ2) is 8.07. The minimum Gasteiger partial charge on any atom is -0.285 e. The molecule has 0 amide bonds. The molecule has 0 saturated carbocycles. The minimum absolute atomic E-state index is 0.599. The zero-order valence-electron chi connectivity index (χ0n) is 13.5. The van der Waals surface area contributed by atoms with Gasteiger partial charge in [-0.15, -0.1) is 0 Å². The van der Waals surface area contributed by atoms with Crippen molar-refractivity contribution in [3.63, 3.8) is 0 Å². The molecule has 0 aliphatic rings. The maximum Gasteiger partial charge on any atom is 0.229 e. The van der Waals surface area contributed by atoms with Crippen molar-refractivity contribution < 1.29 is 4.79 Å². The summed E-state index contributed by atoms with van der Waals surface area (Å²) in [6.07, 6.45) is 3.52. The molecular weight excluding hydrogens is 292 g/mol. The van der Waals surface area contributed by atoms with Gasteiger partial charge in [0.2, 0.25) is 6.29 Å². The second-order valence-corrected chi connectivity index (χ2v) is 5.75. The molecule has 1 nitrogen and oxygen atoms in total. The van der Waals surface area contributed by atoms with Crippen molar-refractivity contribution in [2.24, 2.45) is 0 Å². The average Bonchev–Trinajstić information content (AvgIpc) is 2.67. The first-order valence-electron chi connectivity index (χ1n) is 8.10. The summed E-state index contributed by atoms with van der Waals surface area (Å²) in [4.78, 5) is 11.7. The van der Waals surface area contributed by atoms with Crippen LogP contribution in [0.4, 0.5) is 0 Å². The van der Waals surface area contributed by atoms with Crippen molar-refractivity contribution in [1.29, 1.82) is 0 Å². The van der Waals surface area contributed by atoms with Gasteiger partial charge in [0.05, 0.1) is 0 Å². The molecule has 0 saturated heterocycles. The molecule has 0 fully saturated rings. The van der Waals surface area contributed by atoms with Gasteiger partial charge in [0, 0.05) is 12.0 Å². The van der Waals surface area contributed by atoms with Gasteiger partial charge in [0.1, 0.15) is 0 Å². The topological polar surface area (TPSA) is 17.1 Å². The average molecular weight is 311 g/mol. The van der Waals surface area contributed by atoms with E-state index in [4.69, 9.17) is 0 Å². The number of hydrogen-bond acceptors (Lipinski definition) is 1. The largest absolute Gasteiger partial charge is 0.285 e. The molecular formula is C23H19O. The van der Waals surface area contributed by atoms with E-state index in [1.54, 1.807) is 0 Å². The molecule has 1 heteroatoms. The lowest BCUT2D eigenvalue weighted by Crippen LogP contribution is -2.01. The van der Waals surface area contributed by atoms with Crippen molar-refractivity contribution in [3.05, 3.63) is 113 Å². The van der Waals surface area contributed by atoms with E-state index in [1.165, 1.54) is 5.56 Å². The maximum absolute atomic E-state index is 11.7. The minimum atomic E-state index is 0.599. The van der Waals surface area contributed by atoms with E-state index in [0.29, 0.717) is 6.42 Å². The molecule has 0 atom stereocenters. The highest BCUT2D eigenvalue weighted by Gasteiger charge is 2.11. The Kier molecular flexibility index (Phi) is 5.36. The molecule has 0 unspecified atom stereocenters. The lowest BCUT2D eigenvalue weighted by atomic mass is 9.91. The van der Waals surface area contributed by atoms with Crippen LogP contribution >= 0.6 is 0 Å². The van der Waals surface area contributed by atoms with Gasteiger partial charge in [-0.1, -0.05) is 91.0 Å². The number of hydrogen-bond donors (Lipinski definition) is 0. The van der Waals surface area contributed by atoms with Crippen LogP contribution in [0.3, 0.4) is 0 Å². The number of rotatable bonds is 6. The van der Waals surface area contributed by atoms with Crippen molar-refractivity contribution in [3.8, 4) is 0 Å². The van der Waals surface area contributed by atoms with Crippen LogP contribution < -0.4 is 0 Å². The summed E-state index contributed by atoms with van der Waals surface area (Å²) in [5, 5.41) is 0. The second-order valence-electron chi connectivity index (χ2n) is 5.75. The first-order chi connectivity index (χ1) is 11.9. The van der Waals surface area contributed by atoms with Crippen LogP contribution in [0.2, 0.25) is 0 Å². The van der Waals surface area contributed by atoms with Gasteiger partial charge < -0.3 is 0 Å². The summed E-state index contributed by atoms with van der Waals surface area (Å²) in [5.74, 6) is 0. The van der Waals surface area contributed by atoms with E-state index in [2.05, 4.69) is 30.6 Å². The molecule has 0 N–H and O–H groups in total. The Morgan fingerprint density at radius 3 is 1.58 bits per heavy atom. The van der Waals surface area contributed by atoms with Crippen LogP contribution in [-0.2, 0) is 17.6 Å². The van der Waals surface area contributed by atoms with Crippen LogP contribution in [0.1, 0.15) is 16.7 Å². The molecule has 0 heterocycles. The molecule has 3 aromatic rings. The van der Waals surface area contributed by atoms with Crippen LogP contribution in [0, 0.1) is 0 Å². The third kappa shape index (κ3) is 4.08. The molecule has 117 valence electrons. The summed E-state index contributed by atoms with van der Waals surface area (Å²) >= 11 is 0. The standard InChI is InChI=1S/C23H19O/c24-18-22(16-19-10-4-1-5-11-19)23(21-14-8-3-9-15-21)17-20-12-6-2-7-13-20/h1-15H,16-17H2. The number of benzene rings is 3. The zero-order valence-corrected chi connectivity index (χ0v) is 13.5. The smallest absolute Gasteiger partial charge is 0.229 e. The lowest BCUT2D eigenvalue weighted by molar-refractivity contribution is 0.561. The quantitative estimate of drug-likeness (QED) is 0.583. The molecule has 3 aromatic carbocycles. The first-order valence-corrected chi connectivity index (χ1v) is 8.10. The Hall–Kier alpha value is -2.93. The highest BCUT2D eigenvalue weighted by Crippen LogP contribution is 2.25. The summed E-state index contributed by atoms with van der Waals surface area (Å²) < 4.78 is 0. The number of carbonyl (C=O) groups excluding carboxylic acids is 1. The Morgan fingerprint density at radius 2 is 1.08 bits per heavy atom. The molecule has 24 heavy (non-hydrogen) atoms. The molecule has 0 aliphatic heterocycles. The van der Waals surface area contributed by atoms with Crippen molar-refractivity contribution in [2.45, 2.75) is 12.8 Å². The van der Waals surface area contributed by atoms with Crippen LogP contribution in [-0.4, -0.2) is 6.29 Å². The van der Waals surface area contributed by atoms with Gasteiger partial charge >= 0.3 is 0 Å². The fraction of sp³-hybridized carbons (Fsp3) is 0.0870. The summed E-state index contributed by atoms with van der Waals surface area (Å²) in [5.41, 5.74) is 5.15. The van der Waals surface area contributed by atoms with E-state index in [0.717, 1.165) is 28.7 Å². The first kappa shape index (κ1) is 15.9. The number of allylic oxidation sites excluding steroid dienone is 2. The Labute approximate surface area is 143 Å². The highest BCUT2D eigenvalue weighted by atomic mass is 16.1. The third-order valence-electron chi connectivity index (χ3n) is 4.06. The van der Waals surface area contributed by atoms with Crippen LogP contribution in [0.25, 0.3) is 5.57 Å². The zero-order chi connectivity index (χ0) is 16.6. The SMILES string of the molecule is O=[C]C(Cc1ccccc1)=C(Cc1ccccc1)c1ccccc1. The van der Waals surface area contributed by atoms with Gasteiger partial charge in [-0.2, -0.15) is 0 Å². The van der Waals surface area contributed by atoms with E-state index in [9.17, 15) is 4.79 Å². The van der Waals surface area contributed by atoms with Gasteiger partial charge in [0.25, 0.3) is 0 Å². The normalized spacial score (nSPS) is 11.7. The molecule has 0 aliphatic carbocycles. The van der Waals surface area contributed by atoms with Crippen molar-refractivity contribution in [1.82, 2.24) is 0 Å². The van der Waals surface area contributed by atoms with E-state index < -0.39 is 0 Å². The molecule has 1 radical (unpaired) electrons. The van der Waals surface area contributed by atoms with E-state index in [-0.39, 0.29) is 0 Å². The molecule has 0 aromatic heterocycles. The van der Waals surface area contributed by atoms with Gasteiger partial charge in [0.15, 0.2) is 0 Å². The monoisotopic (exact) mass is 311 g/mol. The fourth-order valence-electron chi connectivity index (χ4n) is 2.83. The molecule has 3 rings (SSSR count). The highest BCUT2D eigenvalue weighted by molar-refractivity contribution is 5.89. The van der Waals surface area contributed by atoms with Crippen LogP contribution in [0.5, 0.6) is 0 Å². The fourth-order valence-corrected chi connectivity index (χ4v) is 2.83. The van der Waals surface area contributed by atoms with Crippen molar-refractivity contribution in [2.75, 3.05) is 0 Å². The maximum atomic E-state index is 11.7. The molecule has 0 spiro atoms. The van der Waals surface area contributed by atoms with Gasteiger partial charge in [-0.3, -0.25) is 4.79 Å². The van der Waals surface area contributed by atoms with Crippen LogP contribution in [0.15, 0.2) is 96.6 Å². The Balaban J connectivity index is 2.02. The Bertz CT molecular complexity index is 802. The summed E-state index contributed by atoms with van der Waals surface area (Å²) in [6, 6.07) is 30.4. The summed E-state index contributed by atoms with van der Waals surface area (Å²) in [7, 11) is 0. The lowest BCUT2D eigenvalue weighted by Gasteiger charge is -2.12. The van der Waals surface area contributed by atoms with Crippen molar-refractivity contribution >= 4 is 11.9 Å². The predicted molar refractivity (Wildman–Crippen MR) is 99.3 cm³/mol. The third-order valence-corrected chi connectivity index (χ3v) is 4.06. The van der Waals surface area contributed by atoms with E-state index >= 15 is 0 Å².